The molecule has 21 heavy (non-hydrogen) atoms. The molecule has 0 saturated carbocycles. The number of aromatic nitrogens is 2. The molecule has 110 valence electrons. The minimum atomic E-state index is 0.615. The van der Waals surface area contributed by atoms with E-state index >= 15 is 0 Å². The summed E-state index contributed by atoms with van der Waals surface area (Å²) in [7, 11) is 0. The van der Waals surface area contributed by atoms with Crippen LogP contribution in [0.1, 0.15) is 11.3 Å². The molecule has 4 nitrogen and oxygen atoms in total. The number of rotatable bonds is 7. The molecule has 0 saturated heterocycles. The van der Waals surface area contributed by atoms with Gasteiger partial charge in [0, 0.05) is 29.9 Å². The first-order valence-corrected chi connectivity index (χ1v) is 7.24. The van der Waals surface area contributed by atoms with Crippen molar-refractivity contribution in [2.24, 2.45) is 0 Å². The second-order valence-electron chi connectivity index (χ2n) is 4.69. The molecule has 0 radical (unpaired) electrons. The van der Waals surface area contributed by atoms with E-state index in [4.69, 9.17) is 11.6 Å². The molecule has 0 amide bonds. The fraction of sp³-hybridized carbons (Fsp3) is 0.250. The molecule has 2 N–H and O–H groups in total. The molecule has 2 aromatic rings. The predicted octanol–water partition coefficient (Wildman–Crippen LogP) is 3.69. The zero-order valence-corrected chi connectivity index (χ0v) is 12.8. The van der Waals surface area contributed by atoms with Gasteiger partial charge in [-0.3, -0.25) is 0 Å². The molecule has 0 aliphatic carbocycles. The summed E-state index contributed by atoms with van der Waals surface area (Å²) in [4.78, 5) is 8.74. The van der Waals surface area contributed by atoms with Crippen LogP contribution >= 0.6 is 11.6 Å². The van der Waals surface area contributed by atoms with Crippen LogP contribution in [0.25, 0.3) is 0 Å². The summed E-state index contributed by atoms with van der Waals surface area (Å²) >= 11 is 5.87. The van der Waals surface area contributed by atoms with Crippen molar-refractivity contribution in [1.29, 1.82) is 0 Å². The molecule has 0 spiro atoms. The highest BCUT2D eigenvalue weighted by molar-refractivity contribution is 6.30. The second-order valence-corrected chi connectivity index (χ2v) is 5.13. The highest BCUT2D eigenvalue weighted by Crippen LogP contribution is 2.12. The summed E-state index contributed by atoms with van der Waals surface area (Å²) in [6.07, 6.45) is 2.69. The van der Waals surface area contributed by atoms with E-state index in [1.54, 1.807) is 6.08 Å². The summed E-state index contributed by atoms with van der Waals surface area (Å²) in [5.74, 6) is 1.44. The summed E-state index contributed by atoms with van der Waals surface area (Å²) in [6.45, 7) is 7.07. The van der Waals surface area contributed by atoms with Crippen molar-refractivity contribution in [2.45, 2.75) is 13.3 Å². The van der Waals surface area contributed by atoms with Crippen molar-refractivity contribution in [3.63, 3.8) is 0 Å². The van der Waals surface area contributed by atoms with Gasteiger partial charge in [-0.25, -0.2) is 4.98 Å². The van der Waals surface area contributed by atoms with E-state index in [1.165, 1.54) is 5.56 Å². The topological polar surface area (TPSA) is 49.8 Å². The lowest BCUT2D eigenvalue weighted by Gasteiger charge is -2.09. The van der Waals surface area contributed by atoms with Gasteiger partial charge in [0.15, 0.2) is 0 Å². The van der Waals surface area contributed by atoms with Gasteiger partial charge in [0.2, 0.25) is 5.95 Å². The third-order valence-electron chi connectivity index (χ3n) is 2.89. The van der Waals surface area contributed by atoms with Crippen LogP contribution in [0.3, 0.4) is 0 Å². The molecular weight excluding hydrogens is 284 g/mol. The Kier molecular flexibility index (Phi) is 5.58. The normalized spacial score (nSPS) is 10.2. The van der Waals surface area contributed by atoms with E-state index in [-0.39, 0.29) is 0 Å². The van der Waals surface area contributed by atoms with E-state index in [0.717, 1.165) is 29.5 Å². The Hall–Kier alpha value is -2.07. The smallest absolute Gasteiger partial charge is 0.225 e. The van der Waals surface area contributed by atoms with E-state index < -0.39 is 0 Å². The number of nitrogens with one attached hydrogen (secondary N) is 2. The predicted molar refractivity (Wildman–Crippen MR) is 89.1 cm³/mol. The Labute approximate surface area is 130 Å². The Morgan fingerprint density at radius 1 is 1.19 bits per heavy atom. The standard InChI is InChI=1S/C16H19ClN4/c1-3-9-19-16-20-12(2)11-15(21-16)18-10-8-13-4-6-14(17)7-5-13/h3-7,11H,1,8-10H2,2H3,(H2,18,19,20,21). The molecule has 0 bridgehead atoms. The van der Waals surface area contributed by atoms with Crippen molar-refractivity contribution in [1.82, 2.24) is 9.97 Å². The van der Waals surface area contributed by atoms with Crippen molar-refractivity contribution in [2.75, 3.05) is 23.7 Å². The molecule has 0 aliphatic heterocycles. The lowest BCUT2D eigenvalue weighted by atomic mass is 10.1. The van der Waals surface area contributed by atoms with Crippen molar-refractivity contribution < 1.29 is 0 Å². The first kappa shape index (κ1) is 15.3. The van der Waals surface area contributed by atoms with E-state index in [1.807, 2.05) is 37.3 Å². The van der Waals surface area contributed by atoms with Gasteiger partial charge >= 0.3 is 0 Å². The minimum absolute atomic E-state index is 0.615. The van der Waals surface area contributed by atoms with Crippen molar-refractivity contribution in [3.05, 3.63) is 59.3 Å². The van der Waals surface area contributed by atoms with Crippen LogP contribution in [-0.2, 0) is 6.42 Å². The Morgan fingerprint density at radius 2 is 1.95 bits per heavy atom. The number of benzene rings is 1. The Morgan fingerprint density at radius 3 is 2.67 bits per heavy atom. The first-order chi connectivity index (χ1) is 10.2. The average Bonchev–Trinajstić information content (AvgIpc) is 2.47. The largest absolute Gasteiger partial charge is 0.370 e. The summed E-state index contributed by atoms with van der Waals surface area (Å²) in [5.41, 5.74) is 2.16. The van der Waals surface area contributed by atoms with Crippen LogP contribution in [0.2, 0.25) is 5.02 Å². The van der Waals surface area contributed by atoms with E-state index in [2.05, 4.69) is 27.2 Å². The minimum Gasteiger partial charge on any atom is -0.370 e. The van der Waals surface area contributed by atoms with Gasteiger partial charge in [0.25, 0.3) is 0 Å². The van der Waals surface area contributed by atoms with Crippen molar-refractivity contribution >= 4 is 23.4 Å². The van der Waals surface area contributed by atoms with Crippen LogP contribution < -0.4 is 10.6 Å². The lowest BCUT2D eigenvalue weighted by Crippen LogP contribution is -2.10. The van der Waals surface area contributed by atoms with Gasteiger partial charge in [-0.15, -0.1) is 6.58 Å². The van der Waals surface area contributed by atoms with E-state index in [9.17, 15) is 0 Å². The molecule has 0 aliphatic rings. The van der Waals surface area contributed by atoms with Crippen LogP contribution in [0.15, 0.2) is 43.0 Å². The summed E-state index contributed by atoms with van der Waals surface area (Å²) in [6, 6.07) is 9.81. The zero-order valence-electron chi connectivity index (χ0n) is 12.1. The molecule has 1 aromatic heterocycles. The molecule has 1 aromatic carbocycles. The lowest BCUT2D eigenvalue weighted by molar-refractivity contribution is 0.990. The molecule has 0 atom stereocenters. The van der Waals surface area contributed by atoms with Crippen LogP contribution in [0.4, 0.5) is 11.8 Å². The van der Waals surface area contributed by atoms with Gasteiger partial charge in [-0.1, -0.05) is 29.8 Å². The molecule has 5 heteroatoms. The molecule has 2 rings (SSSR count). The zero-order chi connectivity index (χ0) is 15.1. The van der Waals surface area contributed by atoms with Gasteiger partial charge < -0.3 is 10.6 Å². The van der Waals surface area contributed by atoms with Crippen molar-refractivity contribution in [3.8, 4) is 0 Å². The Balaban J connectivity index is 1.91. The van der Waals surface area contributed by atoms with Crippen LogP contribution in [-0.4, -0.2) is 23.1 Å². The number of hydrogen-bond acceptors (Lipinski definition) is 4. The maximum atomic E-state index is 5.87. The fourth-order valence-electron chi connectivity index (χ4n) is 1.89. The highest BCUT2D eigenvalue weighted by atomic mass is 35.5. The number of aryl methyl sites for hydroxylation is 1. The van der Waals surface area contributed by atoms with Gasteiger partial charge in [-0.05, 0) is 31.0 Å². The SMILES string of the molecule is C=CCNc1nc(C)cc(NCCc2ccc(Cl)cc2)n1. The summed E-state index contributed by atoms with van der Waals surface area (Å²) < 4.78 is 0. The number of hydrogen-bond donors (Lipinski definition) is 2. The van der Waals surface area contributed by atoms with Gasteiger partial charge in [0.05, 0.1) is 0 Å². The third kappa shape index (κ3) is 5.08. The first-order valence-electron chi connectivity index (χ1n) is 6.86. The van der Waals surface area contributed by atoms with E-state index in [0.29, 0.717) is 12.5 Å². The molecule has 0 fully saturated rings. The molecular formula is C16H19ClN4. The van der Waals surface area contributed by atoms with Gasteiger partial charge in [0.1, 0.15) is 5.82 Å². The third-order valence-corrected chi connectivity index (χ3v) is 3.14. The average molecular weight is 303 g/mol. The number of halogens is 1. The maximum Gasteiger partial charge on any atom is 0.225 e. The quantitative estimate of drug-likeness (QED) is 0.766. The maximum absolute atomic E-state index is 5.87. The molecule has 0 unspecified atom stereocenters. The Bertz CT molecular complexity index is 596. The number of nitrogens with zero attached hydrogens (tertiary/aromatic N) is 2. The van der Waals surface area contributed by atoms with Crippen LogP contribution in [0.5, 0.6) is 0 Å². The number of anilines is 2. The second kappa shape index (κ2) is 7.64. The fourth-order valence-corrected chi connectivity index (χ4v) is 2.01. The molecule has 1 heterocycles. The monoisotopic (exact) mass is 302 g/mol. The van der Waals surface area contributed by atoms with Crippen LogP contribution in [0, 0.1) is 6.92 Å². The summed E-state index contributed by atoms with van der Waals surface area (Å²) in [5, 5.41) is 7.17. The van der Waals surface area contributed by atoms with Gasteiger partial charge in [-0.2, -0.15) is 4.98 Å². The highest BCUT2D eigenvalue weighted by Gasteiger charge is 2.01.